The molecule has 0 radical (unpaired) electrons. The molecule has 0 unspecified atom stereocenters. The Morgan fingerprint density at radius 1 is 0.614 bits per heavy atom. The fraction of sp³-hybridized carbons (Fsp3) is 0.152. The molecule has 0 atom stereocenters. The molecule has 17 nitrogen and oxygen atoms in total. The Labute approximate surface area is 358 Å². The molecular formula is C33H26Cl7N9O8. The number of nitrogens with two attached hydrogens (primary N) is 1. The van der Waals surface area contributed by atoms with E-state index in [1.165, 1.54) is 51.1 Å². The average Bonchev–Trinajstić information content (AvgIpc) is 3.15. The Morgan fingerprint density at radius 2 is 1.02 bits per heavy atom. The summed E-state index contributed by atoms with van der Waals surface area (Å²) < 4.78 is 8.97. The van der Waals surface area contributed by atoms with E-state index in [9.17, 15) is 24.0 Å². The van der Waals surface area contributed by atoms with Gasteiger partial charge in [0.2, 0.25) is 11.1 Å². The maximum atomic E-state index is 12.0. The third kappa shape index (κ3) is 17.3. The number of nitrogen functional groups attached to an aromatic ring is 1. The molecule has 5 aromatic heterocycles. The molecule has 57 heavy (non-hydrogen) atoms. The van der Waals surface area contributed by atoms with Crippen molar-refractivity contribution in [2.75, 3.05) is 25.3 Å². The van der Waals surface area contributed by atoms with Crippen molar-refractivity contribution in [3.05, 3.63) is 120 Å². The van der Waals surface area contributed by atoms with Crippen molar-refractivity contribution in [2.24, 2.45) is 0 Å². The second-order valence-electron chi connectivity index (χ2n) is 10.1. The third-order valence-corrected chi connectivity index (χ3v) is 7.89. The van der Waals surface area contributed by atoms with Crippen molar-refractivity contribution < 1.29 is 38.6 Å². The predicted molar refractivity (Wildman–Crippen MR) is 212 cm³/mol. The van der Waals surface area contributed by atoms with Crippen molar-refractivity contribution in [1.29, 1.82) is 0 Å². The molecule has 300 valence electrons. The van der Waals surface area contributed by atoms with Gasteiger partial charge in [-0.3, -0.25) is 14.4 Å². The van der Waals surface area contributed by atoms with Gasteiger partial charge in [-0.2, -0.15) is 0 Å². The van der Waals surface area contributed by atoms with Gasteiger partial charge in [-0.1, -0.05) is 87.8 Å². The summed E-state index contributed by atoms with van der Waals surface area (Å²) in [6.45, 7) is 0. The Hall–Kier alpha value is -5.01. The molecule has 5 heterocycles. The van der Waals surface area contributed by atoms with Crippen molar-refractivity contribution in [3.8, 4) is 0 Å². The highest BCUT2D eigenvalue weighted by Crippen LogP contribution is 2.20. The number of anilines is 2. The first-order valence-corrected chi connectivity index (χ1v) is 17.8. The van der Waals surface area contributed by atoms with Gasteiger partial charge in [-0.25, -0.2) is 44.5 Å². The molecule has 0 saturated carbocycles. The van der Waals surface area contributed by atoms with E-state index in [1.54, 1.807) is 24.3 Å². The van der Waals surface area contributed by atoms with Gasteiger partial charge in [0.05, 0.1) is 27.1 Å². The Kier molecular flexibility index (Phi) is 20.8. The summed E-state index contributed by atoms with van der Waals surface area (Å²) in [5.41, 5.74) is 6.83. The lowest BCUT2D eigenvalue weighted by Gasteiger charge is -2.08. The number of hydrogen-bond acceptors (Lipinski definition) is 15. The monoisotopic (exact) mass is 921 g/mol. The van der Waals surface area contributed by atoms with Crippen molar-refractivity contribution in [1.82, 2.24) is 34.9 Å². The maximum Gasteiger partial charge on any atom is 0.360 e. The summed E-state index contributed by atoms with van der Waals surface area (Å²) in [5, 5.41) is 11.7. The highest BCUT2D eigenvalue weighted by molar-refractivity contribution is 6.63. The molecule has 0 bridgehead atoms. The first-order valence-electron chi connectivity index (χ1n) is 15.1. The second kappa shape index (κ2) is 24.6. The summed E-state index contributed by atoms with van der Waals surface area (Å²) >= 11 is 39.1. The molecule has 1 amide bonds. The van der Waals surface area contributed by atoms with E-state index in [4.69, 9.17) is 92.0 Å². The van der Waals surface area contributed by atoms with Crippen LogP contribution in [0.25, 0.3) is 0 Å². The van der Waals surface area contributed by atoms with Crippen LogP contribution in [0.1, 0.15) is 37.7 Å². The quantitative estimate of drug-likeness (QED) is 0.0789. The number of rotatable bonds is 9. The number of aliphatic carboxylic acids is 1. The van der Waals surface area contributed by atoms with E-state index in [0.717, 1.165) is 0 Å². The standard InChI is InChI=1S/C13H10Cl2N4O3.C7H4Cl3NO.C7H5Cl2NO2.C6H7N3O2/c1-22-13(21)10-12(17-5-4-16-10)19-9(20)6-7-2-3-8(14)18-11(7)15;8-5-2-1-4(3-6(9)12)7(10)11-5;8-5-2-1-4(3-6(11)12)7(9)10-5;1-11-6(10)4-5(7)9-3-2-8-4/h2-5H,6H2,1H3,(H,17,19,20);1-2H,3H2;1-2H,3H2,(H,11,12);2-3H,1H3,(H2,7,9). The van der Waals surface area contributed by atoms with E-state index >= 15 is 0 Å². The lowest BCUT2D eigenvalue weighted by atomic mass is 10.2. The van der Waals surface area contributed by atoms with Gasteiger partial charge < -0.3 is 25.6 Å². The number of ether oxygens (including phenoxy) is 2. The number of esters is 2. The van der Waals surface area contributed by atoms with Gasteiger partial charge in [0.1, 0.15) is 30.9 Å². The molecule has 0 aliphatic carbocycles. The Morgan fingerprint density at radius 3 is 1.44 bits per heavy atom. The van der Waals surface area contributed by atoms with Crippen LogP contribution in [0.15, 0.2) is 61.2 Å². The Balaban J connectivity index is 0.000000276. The van der Waals surface area contributed by atoms with E-state index < -0.39 is 29.1 Å². The minimum Gasteiger partial charge on any atom is -0.481 e. The maximum absolute atomic E-state index is 12.0. The van der Waals surface area contributed by atoms with Crippen molar-refractivity contribution in [2.45, 2.75) is 19.3 Å². The number of pyridine rings is 3. The van der Waals surface area contributed by atoms with E-state index in [1.807, 2.05) is 0 Å². The lowest BCUT2D eigenvalue weighted by molar-refractivity contribution is -0.136. The zero-order valence-corrected chi connectivity index (χ0v) is 34.3. The molecule has 4 N–H and O–H groups in total. The van der Waals surface area contributed by atoms with Crippen LogP contribution in [0, 0.1) is 0 Å². The molecule has 0 aliphatic heterocycles. The van der Waals surface area contributed by atoms with Gasteiger partial charge in [0.15, 0.2) is 23.0 Å². The summed E-state index contributed by atoms with van der Waals surface area (Å²) in [4.78, 5) is 81.6. The number of aromatic nitrogens is 7. The third-order valence-electron chi connectivity index (χ3n) is 6.14. The molecule has 0 saturated heterocycles. The van der Waals surface area contributed by atoms with Gasteiger partial charge >= 0.3 is 17.9 Å². The molecule has 24 heteroatoms. The fourth-order valence-corrected chi connectivity index (χ4v) is 5.04. The Bertz CT molecular complexity index is 2160. The highest BCUT2D eigenvalue weighted by atomic mass is 35.5. The zero-order valence-electron chi connectivity index (χ0n) is 29.1. The van der Waals surface area contributed by atoms with Crippen LogP contribution in [0.5, 0.6) is 0 Å². The van der Waals surface area contributed by atoms with Crippen LogP contribution in [0.3, 0.4) is 0 Å². The summed E-state index contributed by atoms with van der Waals surface area (Å²) in [7, 11) is 2.47. The average molecular weight is 925 g/mol. The van der Waals surface area contributed by atoms with Crippen LogP contribution >= 0.6 is 81.2 Å². The molecule has 0 fully saturated rings. The summed E-state index contributed by atoms with van der Waals surface area (Å²) in [6, 6.07) is 9.35. The number of carbonyl (C=O) groups excluding carboxylic acids is 4. The van der Waals surface area contributed by atoms with Gasteiger partial charge in [0.25, 0.3) is 0 Å². The van der Waals surface area contributed by atoms with Crippen LogP contribution < -0.4 is 11.1 Å². The van der Waals surface area contributed by atoms with E-state index in [-0.39, 0.29) is 68.1 Å². The first kappa shape index (κ1) is 48.1. The number of nitrogens with zero attached hydrogens (tertiary/aromatic N) is 7. The normalized spacial score (nSPS) is 9.84. The van der Waals surface area contributed by atoms with Crippen LogP contribution in [-0.4, -0.2) is 83.3 Å². The zero-order chi connectivity index (χ0) is 42.7. The van der Waals surface area contributed by atoms with Gasteiger partial charge in [-0.15, -0.1) is 0 Å². The van der Waals surface area contributed by atoms with E-state index in [2.05, 4.69) is 49.7 Å². The van der Waals surface area contributed by atoms with E-state index in [0.29, 0.717) is 21.8 Å². The van der Waals surface area contributed by atoms with Crippen LogP contribution in [0.4, 0.5) is 11.6 Å². The number of amides is 1. The molecule has 0 spiro atoms. The van der Waals surface area contributed by atoms with Crippen LogP contribution in [-0.2, 0) is 43.1 Å². The largest absolute Gasteiger partial charge is 0.481 e. The van der Waals surface area contributed by atoms with Crippen molar-refractivity contribution in [3.63, 3.8) is 0 Å². The van der Waals surface area contributed by atoms with Gasteiger partial charge in [0, 0.05) is 36.8 Å². The predicted octanol–water partition coefficient (Wildman–Crippen LogP) is 6.70. The summed E-state index contributed by atoms with van der Waals surface area (Å²) in [5.74, 6) is -2.56. The molecule has 0 aromatic carbocycles. The minimum atomic E-state index is -0.943. The van der Waals surface area contributed by atoms with Crippen LogP contribution in [0.2, 0.25) is 30.9 Å². The minimum absolute atomic E-state index is 0.0115. The highest BCUT2D eigenvalue weighted by Gasteiger charge is 2.18. The molecule has 5 rings (SSSR count). The number of carboxylic acids is 1. The SMILES string of the molecule is COC(=O)c1nccnc1N.COC(=O)c1nccnc1NC(=O)Cc1ccc(Cl)nc1Cl.O=C(Cl)Cc1ccc(Cl)nc1Cl.O=C(O)Cc1ccc(Cl)nc1Cl. The molecule has 5 aromatic rings. The smallest absolute Gasteiger partial charge is 0.360 e. The van der Waals surface area contributed by atoms with Crippen molar-refractivity contribution >= 4 is 122 Å². The summed E-state index contributed by atoms with van der Waals surface area (Å²) in [6.07, 6.45) is 5.33. The number of carbonyl (C=O) groups is 5. The first-order chi connectivity index (χ1) is 26.9. The molecular weight excluding hydrogens is 899 g/mol. The van der Waals surface area contributed by atoms with Gasteiger partial charge in [-0.05, 0) is 40.9 Å². The number of hydrogen-bond donors (Lipinski definition) is 3. The lowest BCUT2D eigenvalue weighted by Crippen LogP contribution is -2.19. The number of carboxylic acid groups (broad SMARTS) is 1. The molecule has 0 aliphatic rings. The number of nitrogens with one attached hydrogen (secondary N) is 1. The second-order valence-corrected chi connectivity index (χ2v) is 12.8. The number of halogens is 7. The number of methoxy groups -OCH3 is 2. The fourth-order valence-electron chi connectivity index (χ4n) is 3.66. The topological polar surface area (TPSA) is 252 Å².